The predicted molar refractivity (Wildman–Crippen MR) is 263 cm³/mol. The molecule has 6 aromatic carbocycles. The lowest BCUT2D eigenvalue weighted by Crippen LogP contribution is -2.12. The Labute approximate surface area is 379 Å². The normalized spacial score (nSPS) is 14.2. The molecule has 0 spiro atoms. The second-order valence-electron chi connectivity index (χ2n) is 19.2. The van der Waals surface area contributed by atoms with Crippen LogP contribution < -0.4 is 0 Å². The van der Waals surface area contributed by atoms with E-state index in [-0.39, 0.29) is 34.2 Å². The van der Waals surface area contributed by atoms with Crippen LogP contribution in [0.1, 0.15) is 124 Å². The summed E-state index contributed by atoms with van der Waals surface area (Å²) in [6.45, 7) is 24.4. The second kappa shape index (κ2) is 16.2. The molecule has 1 N–H and O–H groups in total. The van der Waals surface area contributed by atoms with Gasteiger partial charge in [-0.05, 0) is 146 Å². The number of aryl methyl sites for hydroxylation is 2. The lowest BCUT2D eigenvalue weighted by Gasteiger charge is -2.22. The maximum atomic E-state index is 12.0. The van der Waals surface area contributed by atoms with Crippen LogP contribution in [0.15, 0.2) is 133 Å². The topological polar surface area (TPSA) is 50.9 Å². The van der Waals surface area contributed by atoms with E-state index in [0.717, 1.165) is 77.9 Å². The molecular formula is C58H61N3O. The van der Waals surface area contributed by atoms with Crippen molar-refractivity contribution in [2.45, 2.75) is 106 Å². The van der Waals surface area contributed by atoms with Crippen molar-refractivity contribution in [2.24, 2.45) is 0 Å². The molecule has 2 heterocycles. The number of aromatic hydroxyl groups is 1. The molecule has 0 saturated heterocycles. The largest absolute Gasteiger partial charge is 0.507 e. The van der Waals surface area contributed by atoms with E-state index in [0.29, 0.717) is 22.6 Å². The van der Waals surface area contributed by atoms with Crippen molar-refractivity contribution in [3.05, 3.63) is 167 Å². The van der Waals surface area contributed by atoms with Gasteiger partial charge in [-0.25, -0.2) is 4.98 Å². The van der Waals surface area contributed by atoms with Crippen molar-refractivity contribution in [3.8, 4) is 67.5 Å². The molecule has 8 rings (SSSR count). The number of rotatable bonds is 8. The predicted octanol–water partition coefficient (Wildman–Crippen LogP) is 15.9. The van der Waals surface area contributed by atoms with Crippen LogP contribution in [-0.4, -0.2) is 19.6 Å². The van der Waals surface area contributed by atoms with Crippen molar-refractivity contribution >= 4 is 11.0 Å². The molecule has 0 radical (unpaired) electrons. The first-order valence-corrected chi connectivity index (χ1v) is 21.4. The molecule has 0 bridgehead atoms. The minimum absolute atomic E-state index is 0.115. The van der Waals surface area contributed by atoms with Crippen molar-refractivity contribution in [2.75, 3.05) is 0 Å². The van der Waals surface area contributed by atoms with Gasteiger partial charge in [0.05, 0.1) is 34.8 Å². The maximum absolute atomic E-state index is 12.0. The van der Waals surface area contributed by atoms with Crippen LogP contribution in [-0.2, 0) is 10.8 Å². The number of phenols is 1. The van der Waals surface area contributed by atoms with Crippen molar-refractivity contribution in [1.82, 2.24) is 14.5 Å². The van der Waals surface area contributed by atoms with Crippen LogP contribution in [0.5, 0.6) is 5.75 Å². The highest BCUT2D eigenvalue weighted by Crippen LogP contribution is 2.43. The molecule has 0 amide bonds. The summed E-state index contributed by atoms with van der Waals surface area (Å²) in [5, 5.41) is 12.0. The van der Waals surface area contributed by atoms with E-state index in [1.54, 1.807) is 18.3 Å². The minimum atomic E-state index is -0.864. The number of benzene rings is 6. The van der Waals surface area contributed by atoms with Crippen LogP contribution in [0.3, 0.4) is 0 Å². The van der Waals surface area contributed by atoms with Crippen LogP contribution in [0.4, 0.5) is 0 Å². The molecule has 8 aromatic rings. The molecule has 0 saturated carbocycles. The van der Waals surface area contributed by atoms with Gasteiger partial charge in [0.25, 0.3) is 0 Å². The summed E-state index contributed by atoms with van der Waals surface area (Å²) < 4.78 is 62.1. The zero-order valence-corrected chi connectivity index (χ0v) is 38.1. The molecular weight excluding hydrogens is 755 g/mol. The van der Waals surface area contributed by atoms with E-state index in [1.165, 1.54) is 0 Å². The number of nitrogens with zero attached hydrogens (tertiary/aromatic N) is 3. The third-order valence-electron chi connectivity index (χ3n) is 11.9. The average Bonchev–Trinajstić information content (AvgIpc) is 3.66. The molecule has 0 aliphatic carbocycles. The number of pyridine rings is 1. The molecule has 314 valence electrons. The average molecular weight is 823 g/mol. The van der Waals surface area contributed by atoms with Crippen molar-refractivity contribution in [3.63, 3.8) is 0 Å². The summed E-state index contributed by atoms with van der Waals surface area (Å²) in [5.41, 5.74) is 13.6. The highest BCUT2D eigenvalue weighted by molar-refractivity contribution is 5.97. The van der Waals surface area contributed by atoms with E-state index in [1.807, 2.05) is 58.9 Å². The summed E-state index contributed by atoms with van der Waals surface area (Å²) in [4.78, 5) is 10.3. The van der Waals surface area contributed by atoms with E-state index >= 15 is 0 Å². The molecule has 0 aliphatic heterocycles. The number of phenolic OH excluding ortho intramolecular Hbond substituents is 1. The van der Waals surface area contributed by atoms with Gasteiger partial charge in [0.1, 0.15) is 11.6 Å². The quantitative estimate of drug-likeness (QED) is 0.166. The number of fused-ring (bicyclic) bond motifs is 1. The zero-order valence-electron chi connectivity index (χ0n) is 45.1. The fourth-order valence-corrected chi connectivity index (χ4v) is 8.10. The lowest BCUT2D eigenvalue weighted by molar-refractivity contribution is 0.471. The Morgan fingerprint density at radius 2 is 1.24 bits per heavy atom. The number of aromatic nitrogens is 3. The van der Waals surface area contributed by atoms with Crippen LogP contribution >= 0.6 is 0 Å². The summed E-state index contributed by atoms with van der Waals surface area (Å²) in [7, 11) is 0. The third-order valence-corrected chi connectivity index (χ3v) is 11.9. The highest BCUT2D eigenvalue weighted by Gasteiger charge is 2.26. The number of hydrogen-bond donors (Lipinski definition) is 1. The van der Waals surface area contributed by atoms with Gasteiger partial charge < -0.3 is 5.11 Å². The molecule has 0 fully saturated rings. The van der Waals surface area contributed by atoms with Crippen molar-refractivity contribution in [1.29, 1.82) is 0 Å². The molecule has 4 nitrogen and oxygen atoms in total. The lowest BCUT2D eigenvalue weighted by atomic mass is 9.83. The fourth-order valence-electron chi connectivity index (χ4n) is 8.10. The summed E-state index contributed by atoms with van der Waals surface area (Å²) in [6.07, 6.45) is 1.61. The Morgan fingerprint density at radius 3 is 1.89 bits per heavy atom. The molecule has 2 aromatic heterocycles. The van der Waals surface area contributed by atoms with E-state index in [9.17, 15) is 5.11 Å². The SMILES string of the molecule is [2H]c1c([2H])c([2H])c(-c2ccnc(-c3cc(-c4cccc5c4nc(-c4cc(C(C)(C)C)cc(C)c4O)n5-c4ccc(-c5cc(C([2H])(C)C)cc(C([2H])(C)C)c5)cc4C)cc(C(C)(C)C)c3)c2)c([2H])c1[2H]. The molecule has 0 atom stereocenters. The molecule has 0 unspecified atom stereocenters. The number of para-hydroxylation sites is 1. The van der Waals surface area contributed by atoms with Gasteiger partial charge in [0.15, 0.2) is 0 Å². The number of imidazole rings is 1. The number of hydrogen-bond acceptors (Lipinski definition) is 3. The standard InChI is InChI=1S/C58H61N3O/c1-35(2)42-27-43(36(3)4)29-44(28-42)40-21-22-52(37(5)25-40)61-53-20-16-19-49(54(53)60-56(61)50-34-47(57(7,8)9)26-38(6)55(50)62)45-30-46(32-48(31-45)58(10,11)12)51-33-41(23-24-59-51)39-17-14-13-15-18-39/h13-36,62H,1-12H3/i13D,14D,15D,17D,18D,35D,36D. The van der Waals surface area contributed by atoms with Gasteiger partial charge in [-0.1, -0.05) is 148 Å². The third kappa shape index (κ3) is 8.23. The van der Waals surface area contributed by atoms with Crippen LogP contribution in [0, 0.1) is 13.8 Å². The summed E-state index contributed by atoms with van der Waals surface area (Å²) >= 11 is 0. The van der Waals surface area contributed by atoms with Gasteiger partial charge >= 0.3 is 0 Å². The summed E-state index contributed by atoms with van der Waals surface area (Å²) in [6, 6.07) is 30.7. The Balaban J connectivity index is 1.38. The Bertz CT molecular complexity index is 3300. The first-order chi connectivity index (χ1) is 32.0. The van der Waals surface area contributed by atoms with Crippen LogP contribution in [0.2, 0.25) is 0 Å². The fraction of sp³-hybridized carbons (Fsp3) is 0.276. The van der Waals surface area contributed by atoms with Gasteiger partial charge in [0.2, 0.25) is 0 Å². The Kier molecular flexibility index (Phi) is 8.98. The smallest absolute Gasteiger partial charge is 0.149 e. The monoisotopic (exact) mass is 823 g/mol. The maximum Gasteiger partial charge on any atom is 0.149 e. The van der Waals surface area contributed by atoms with Gasteiger partial charge in [-0.15, -0.1) is 0 Å². The first kappa shape index (κ1) is 34.3. The molecule has 0 aliphatic rings. The van der Waals surface area contributed by atoms with E-state index in [4.69, 9.17) is 19.6 Å². The zero-order chi connectivity index (χ0) is 50.4. The van der Waals surface area contributed by atoms with Gasteiger partial charge in [0, 0.05) is 20.1 Å². The Hall–Kier alpha value is -6.26. The van der Waals surface area contributed by atoms with E-state index in [2.05, 4.69) is 114 Å². The second-order valence-corrected chi connectivity index (χ2v) is 19.2. The van der Waals surface area contributed by atoms with E-state index < -0.39 is 29.9 Å². The van der Waals surface area contributed by atoms with Crippen LogP contribution in [0.25, 0.3) is 72.7 Å². The van der Waals surface area contributed by atoms with Gasteiger partial charge in [-0.2, -0.15) is 0 Å². The molecule has 4 heteroatoms. The highest BCUT2D eigenvalue weighted by atomic mass is 16.3. The minimum Gasteiger partial charge on any atom is -0.507 e. The summed E-state index contributed by atoms with van der Waals surface area (Å²) in [5.74, 6) is -0.998. The Morgan fingerprint density at radius 1 is 0.597 bits per heavy atom. The molecule has 62 heavy (non-hydrogen) atoms. The van der Waals surface area contributed by atoms with Crippen molar-refractivity contribution < 1.29 is 14.7 Å². The van der Waals surface area contributed by atoms with Gasteiger partial charge in [-0.3, -0.25) is 9.55 Å². The first-order valence-electron chi connectivity index (χ1n) is 24.9.